The molecule has 17 heavy (non-hydrogen) atoms. The molecule has 2 aromatic heterocycles. The topological polar surface area (TPSA) is 35.0 Å². The molecule has 2 aromatic rings. The van der Waals surface area contributed by atoms with E-state index in [0.717, 1.165) is 6.42 Å². The Kier molecular flexibility index (Phi) is 3.70. The maximum atomic E-state index is 5.56. The van der Waals surface area contributed by atoms with Crippen molar-refractivity contribution < 1.29 is 4.74 Å². The Labute approximate surface area is 102 Å². The van der Waals surface area contributed by atoms with Gasteiger partial charge in [-0.3, -0.25) is 4.98 Å². The Balaban J connectivity index is 2.03. The fraction of sp³-hybridized carbons (Fsp3) is 0.286. The second-order valence-electron chi connectivity index (χ2n) is 4.39. The number of ether oxygens (including phenoxy) is 1. The molecule has 2 rings (SSSR count). The normalized spacial score (nSPS) is 10.5. The first-order valence-electron chi connectivity index (χ1n) is 5.77. The van der Waals surface area contributed by atoms with Crippen molar-refractivity contribution in [1.29, 1.82) is 0 Å². The first-order chi connectivity index (χ1) is 8.24. The Morgan fingerprint density at radius 1 is 1.18 bits per heavy atom. The molecule has 0 atom stereocenters. The number of hydrogen-bond donors (Lipinski definition) is 0. The van der Waals surface area contributed by atoms with Crippen LogP contribution in [-0.2, 0) is 6.42 Å². The van der Waals surface area contributed by atoms with Crippen molar-refractivity contribution in [2.45, 2.75) is 20.3 Å². The second kappa shape index (κ2) is 5.43. The van der Waals surface area contributed by atoms with Crippen LogP contribution in [0.5, 0.6) is 11.6 Å². The summed E-state index contributed by atoms with van der Waals surface area (Å²) in [5.41, 5.74) is 1.23. The third-order valence-corrected chi connectivity index (χ3v) is 2.30. The van der Waals surface area contributed by atoms with Gasteiger partial charge in [-0.05, 0) is 30.0 Å². The van der Waals surface area contributed by atoms with Crippen LogP contribution in [0.3, 0.4) is 0 Å². The predicted octanol–water partition coefficient (Wildman–Crippen LogP) is 3.47. The number of rotatable bonds is 4. The fourth-order valence-electron chi connectivity index (χ4n) is 1.59. The zero-order chi connectivity index (χ0) is 12.1. The maximum Gasteiger partial charge on any atom is 0.219 e. The van der Waals surface area contributed by atoms with Gasteiger partial charge in [-0.2, -0.15) is 0 Å². The minimum absolute atomic E-state index is 0.602. The van der Waals surface area contributed by atoms with Crippen LogP contribution in [0.2, 0.25) is 0 Å². The van der Waals surface area contributed by atoms with E-state index in [1.54, 1.807) is 12.4 Å². The van der Waals surface area contributed by atoms with Gasteiger partial charge in [0.1, 0.15) is 5.75 Å². The highest BCUT2D eigenvalue weighted by molar-refractivity contribution is 5.25. The van der Waals surface area contributed by atoms with Crippen LogP contribution in [0.4, 0.5) is 0 Å². The molecule has 0 aliphatic carbocycles. The van der Waals surface area contributed by atoms with Gasteiger partial charge in [-0.25, -0.2) is 4.98 Å². The summed E-state index contributed by atoms with van der Waals surface area (Å²) in [6, 6.07) is 7.64. The number of pyridine rings is 2. The van der Waals surface area contributed by atoms with E-state index in [0.29, 0.717) is 17.5 Å². The number of aromatic nitrogens is 2. The summed E-state index contributed by atoms with van der Waals surface area (Å²) < 4.78 is 5.56. The molecular formula is C14H16N2O. The van der Waals surface area contributed by atoms with Gasteiger partial charge in [0.05, 0.1) is 6.20 Å². The lowest BCUT2D eigenvalue weighted by atomic mass is 10.1. The van der Waals surface area contributed by atoms with Gasteiger partial charge in [-0.1, -0.05) is 19.9 Å². The molecule has 88 valence electrons. The zero-order valence-corrected chi connectivity index (χ0v) is 10.1. The van der Waals surface area contributed by atoms with Crippen molar-refractivity contribution in [3.63, 3.8) is 0 Å². The zero-order valence-electron chi connectivity index (χ0n) is 10.1. The third kappa shape index (κ3) is 3.55. The molecule has 0 unspecified atom stereocenters. The van der Waals surface area contributed by atoms with Crippen molar-refractivity contribution >= 4 is 0 Å². The summed E-state index contributed by atoms with van der Waals surface area (Å²) >= 11 is 0. The van der Waals surface area contributed by atoms with Gasteiger partial charge in [-0.15, -0.1) is 0 Å². The van der Waals surface area contributed by atoms with E-state index < -0.39 is 0 Å². The molecule has 0 amide bonds. The average molecular weight is 228 g/mol. The smallest absolute Gasteiger partial charge is 0.219 e. The number of hydrogen-bond acceptors (Lipinski definition) is 3. The molecule has 0 fully saturated rings. The highest BCUT2D eigenvalue weighted by atomic mass is 16.5. The molecule has 0 saturated heterocycles. The SMILES string of the molecule is CC(C)Cc1ccc(Oc2cccnc2)nc1. The summed E-state index contributed by atoms with van der Waals surface area (Å²) in [7, 11) is 0. The molecule has 3 heteroatoms. The lowest BCUT2D eigenvalue weighted by molar-refractivity contribution is 0.460. The van der Waals surface area contributed by atoms with Crippen molar-refractivity contribution in [3.05, 3.63) is 48.4 Å². The molecule has 0 aromatic carbocycles. The molecule has 0 aliphatic rings. The van der Waals surface area contributed by atoms with Crippen LogP contribution in [-0.4, -0.2) is 9.97 Å². The lowest BCUT2D eigenvalue weighted by Gasteiger charge is -2.06. The molecule has 0 radical (unpaired) electrons. The fourth-order valence-corrected chi connectivity index (χ4v) is 1.59. The summed E-state index contributed by atoms with van der Waals surface area (Å²) in [4.78, 5) is 8.26. The third-order valence-electron chi connectivity index (χ3n) is 2.30. The van der Waals surface area contributed by atoms with Crippen molar-refractivity contribution in [1.82, 2.24) is 9.97 Å². The molecule has 3 nitrogen and oxygen atoms in total. The van der Waals surface area contributed by atoms with Gasteiger partial charge in [0.15, 0.2) is 0 Å². The van der Waals surface area contributed by atoms with Crippen LogP contribution >= 0.6 is 0 Å². The first kappa shape index (κ1) is 11.6. The Morgan fingerprint density at radius 3 is 2.65 bits per heavy atom. The lowest BCUT2D eigenvalue weighted by Crippen LogP contribution is -1.95. The molecule has 0 bridgehead atoms. The van der Waals surface area contributed by atoms with E-state index in [4.69, 9.17) is 4.74 Å². The number of nitrogens with zero attached hydrogens (tertiary/aromatic N) is 2. The quantitative estimate of drug-likeness (QED) is 0.803. The minimum Gasteiger partial charge on any atom is -0.437 e. The van der Waals surface area contributed by atoms with Gasteiger partial charge in [0, 0.05) is 18.5 Å². The Morgan fingerprint density at radius 2 is 2.06 bits per heavy atom. The summed E-state index contributed by atoms with van der Waals surface area (Å²) in [5.74, 6) is 1.95. The largest absolute Gasteiger partial charge is 0.437 e. The van der Waals surface area contributed by atoms with Gasteiger partial charge in [0.25, 0.3) is 0 Å². The van der Waals surface area contributed by atoms with Crippen molar-refractivity contribution in [2.75, 3.05) is 0 Å². The molecule has 0 saturated carbocycles. The van der Waals surface area contributed by atoms with Crippen LogP contribution in [0.1, 0.15) is 19.4 Å². The van der Waals surface area contributed by atoms with Gasteiger partial charge < -0.3 is 4.74 Å². The molecule has 2 heterocycles. The van der Waals surface area contributed by atoms with Crippen LogP contribution < -0.4 is 4.74 Å². The highest BCUT2D eigenvalue weighted by Crippen LogP contribution is 2.18. The molecule has 0 N–H and O–H groups in total. The molecule has 0 spiro atoms. The predicted molar refractivity (Wildman–Crippen MR) is 67.1 cm³/mol. The Bertz CT molecular complexity index is 451. The monoisotopic (exact) mass is 228 g/mol. The summed E-state index contributed by atoms with van der Waals surface area (Å²) in [5, 5.41) is 0. The van der Waals surface area contributed by atoms with E-state index in [-0.39, 0.29) is 0 Å². The standard InChI is InChI=1S/C14H16N2O/c1-11(2)8-12-5-6-14(16-9-12)17-13-4-3-7-15-10-13/h3-7,9-11H,8H2,1-2H3. The van der Waals surface area contributed by atoms with E-state index in [9.17, 15) is 0 Å². The van der Waals surface area contributed by atoms with Gasteiger partial charge >= 0.3 is 0 Å². The van der Waals surface area contributed by atoms with Crippen molar-refractivity contribution in [2.24, 2.45) is 5.92 Å². The molecular weight excluding hydrogens is 212 g/mol. The molecule has 0 aliphatic heterocycles. The van der Waals surface area contributed by atoms with E-state index in [2.05, 4.69) is 29.9 Å². The average Bonchev–Trinajstić information content (AvgIpc) is 2.32. The van der Waals surface area contributed by atoms with Crippen molar-refractivity contribution in [3.8, 4) is 11.6 Å². The summed E-state index contributed by atoms with van der Waals surface area (Å²) in [6.45, 7) is 4.39. The minimum atomic E-state index is 0.602. The Hall–Kier alpha value is -1.90. The first-order valence-corrected chi connectivity index (χ1v) is 5.77. The summed E-state index contributed by atoms with van der Waals surface area (Å²) in [6.07, 6.45) is 6.29. The maximum absolute atomic E-state index is 5.56. The van der Waals surface area contributed by atoms with Crippen LogP contribution in [0.25, 0.3) is 0 Å². The van der Waals surface area contributed by atoms with Gasteiger partial charge in [0.2, 0.25) is 5.88 Å². The van der Waals surface area contributed by atoms with E-state index in [1.807, 2.05) is 24.4 Å². The highest BCUT2D eigenvalue weighted by Gasteiger charge is 2.01. The van der Waals surface area contributed by atoms with E-state index in [1.165, 1.54) is 5.56 Å². The van der Waals surface area contributed by atoms with Crippen LogP contribution in [0.15, 0.2) is 42.9 Å². The van der Waals surface area contributed by atoms with E-state index >= 15 is 0 Å². The second-order valence-corrected chi connectivity index (χ2v) is 4.39. The van der Waals surface area contributed by atoms with Crippen LogP contribution in [0, 0.1) is 5.92 Å².